The molecule has 2 aromatic heterocycles. The maximum Gasteiger partial charge on any atom is 0.419 e. The number of imide groups is 1. The van der Waals surface area contributed by atoms with E-state index in [9.17, 15) is 14.7 Å². The number of aliphatic hydroxyl groups excluding tert-OH is 1. The van der Waals surface area contributed by atoms with Crippen molar-refractivity contribution in [1.82, 2.24) is 24.6 Å². The summed E-state index contributed by atoms with van der Waals surface area (Å²) in [6.07, 6.45) is 6.04. The molecule has 2 amide bonds. The Hall–Kier alpha value is -3.73. The molecule has 1 aliphatic heterocycles. The Morgan fingerprint density at radius 3 is 2.23 bits per heavy atom. The molecular formula is C32H42N6O5. The number of nitrogens with zero attached hydrogens (tertiary/aromatic N) is 6. The molecule has 2 saturated carbocycles. The Morgan fingerprint density at radius 1 is 1.00 bits per heavy atom. The number of fused-ring (bicyclic) bond motifs is 1. The number of hydrogen-bond donors (Lipinski definition) is 1. The van der Waals surface area contributed by atoms with Crippen molar-refractivity contribution in [1.29, 1.82) is 0 Å². The van der Waals surface area contributed by atoms with Gasteiger partial charge in [0.15, 0.2) is 0 Å². The van der Waals surface area contributed by atoms with Crippen LogP contribution in [0.3, 0.4) is 0 Å². The zero-order valence-corrected chi connectivity index (χ0v) is 25.9. The zero-order valence-electron chi connectivity index (χ0n) is 25.9. The van der Waals surface area contributed by atoms with E-state index in [0.717, 1.165) is 64.3 Å². The minimum absolute atomic E-state index is 0.112. The second-order valence-electron chi connectivity index (χ2n) is 14.2. The molecule has 0 bridgehead atoms. The quantitative estimate of drug-likeness (QED) is 0.386. The highest BCUT2D eigenvalue weighted by atomic mass is 16.6. The van der Waals surface area contributed by atoms with E-state index in [1.807, 2.05) is 29.1 Å². The van der Waals surface area contributed by atoms with Gasteiger partial charge in [-0.25, -0.2) is 19.5 Å². The SMILES string of the molecule is CC(C)(C)OC(=O)N(C[C@H]1C[C@H](n2cc(-c3cnc4ccc(N5CC(O)C5)cc4n3)c(C3CC3)n2)C1)C(=O)OC(C)(C)C. The van der Waals surface area contributed by atoms with E-state index >= 15 is 0 Å². The van der Waals surface area contributed by atoms with Crippen LogP contribution >= 0.6 is 0 Å². The molecular weight excluding hydrogens is 548 g/mol. The van der Waals surface area contributed by atoms with Crippen LogP contribution in [0.15, 0.2) is 30.6 Å². The molecule has 230 valence electrons. The minimum Gasteiger partial charge on any atom is -0.443 e. The van der Waals surface area contributed by atoms with Gasteiger partial charge in [-0.15, -0.1) is 0 Å². The van der Waals surface area contributed by atoms with Gasteiger partial charge in [-0.05, 0) is 91.3 Å². The highest BCUT2D eigenvalue weighted by Crippen LogP contribution is 2.46. The lowest BCUT2D eigenvalue weighted by Crippen LogP contribution is -2.50. The van der Waals surface area contributed by atoms with Gasteiger partial charge in [-0.3, -0.25) is 9.67 Å². The van der Waals surface area contributed by atoms with Gasteiger partial charge in [0.25, 0.3) is 0 Å². The summed E-state index contributed by atoms with van der Waals surface area (Å²) in [5.74, 6) is 0.536. The monoisotopic (exact) mass is 590 g/mol. The number of anilines is 1. The Balaban J connectivity index is 1.18. The summed E-state index contributed by atoms with van der Waals surface area (Å²) in [6, 6.07) is 6.20. The van der Waals surface area contributed by atoms with Gasteiger partial charge in [0.05, 0.1) is 40.8 Å². The number of hydrogen-bond acceptors (Lipinski definition) is 9. The van der Waals surface area contributed by atoms with E-state index < -0.39 is 23.4 Å². The van der Waals surface area contributed by atoms with E-state index in [1.54, 1.807) is 41.5 Å². The lowest BCUT2D eigenvalue weighted by molar-refractivity contribution is -0.00642. The van der Waals surface area contributed by atoms with Crippen LogP contribution in [0.5, 0.6) is 0 Å². The molecule has 11 heteroatoms. The lowest BCUT2D eigenvalue weighted by atomic mass is 9.80. The van der Waals surface area contributed by atoms with Crippen LogP contribution in [0.25, 0.3) is 22.3 Å². The summed E-state index contributed by atoms with van der Waals surface area (Å²) in [5, 5.41) is 14.7. The third-order valence-electron chi connectivity index (χ3n) is 8.01. The first kappa shape index (κ1) is 29.3. The predicted molar refractivity (Wildman–Crippen MR) is 162 cm³/mol. The van der Waals surface area contributed by atoms with E-state index in [4.69, 9.17) is 24.5 Å². The number of amides is 2. The van der Waals surface area contributed by atoms with Gasteiger partial charge in [0.1, 0.15) is 11.2 Å². The third-order valence-corrected chi connectivity index (χ3v) is 8.01. The fourth-order valence-corrected chi connectivity index (χ4v) is 5.62. The molecule has 2 aliphatic carbocycles. The van der Waals surface area contributed by atoms with Crippen molar-refractivity contribution in [2.45, 2.75) is 96.5 Å². The first-order valence-electron chi connectivity index (χ1n) is 15.2. The van der Waals surface area contributed by atoms with Crippen molar-refractivity contribution in [3.63, 3.8) is 0 Å². The summed E-state index contributed by atoms with van der Waals surface area (Å²) >= 11 is 0. The van der Waals surface area contributed by atoms with E-state index in [0.29, 0.717) is 19.0 Å². The molecule has 0 spiro atoms. The van der Waals surface area contributed by atoms with Crippen LogP contribution in [0.2, 0.25) is 0 Å². The number of aromatic nitrogens is 4. The fraction of sp³-hybridized carbons (Fsp3) is 0.594. The number of carbonyl (C=O) groups is 2. The average Bonchev–Trinajstić information content (AvgIpc) is 3.62. The number of aliphatic hydroxyl groups is 1. The Morgan fingerprint density at radius 2 is 1.65 bits per heavy atom. The molecule has 1 N–H and O–H groups in total. The fourth-order valence-electron chi connectivity index (χ4n) is 5.62. The van der Waals surface area contributed by atoms with Gasteiger partial charge < -0.3 is 19.5 Å². The summed E-state index contributed by atoms with van der Waals surface area (Å²) < 4.78 is 13.1. The van der Waals surface area contributed by atoms with Crippen LogP contribution in [0.1, 0.15) is 84.9 Å². The molecule has 11 nitrogen and oxygen atoms in total. The maximum atomic E-state index is 12.9. The molecule has 3 aromatic rings. The topological polar surface area (TPSA) is 123 Å². The lowest BCUT2D eigenvalue weighted by Gasteiger charge is -2.38. The molecule has 43 heavy (non-hydrogen) atoms. The van der Waals surface area contributed by atoms with Crippen LogP contribution < -0.4 is 4.90 Å². The number of β-amino-alcohol motifs (C(OH)–C–C–N with tert-alkyl or cyclic N) is 1. The normalized spacial score (nSPS) is 20.9. The Kier molecular flexibility index (Phi) is 7.35. The molecule has 1 saturated heterocycles. The van der Waals surface area contributed by atoms with Crippen molar-refractivity contribution >= 4 is 28.9 Å². The second kappa shape index (κ2) is 10.8. The predicted octanol–water partition coefficient (Wildman–Crippen LogP) is 5.67. The number of ether oxygens (including phenoxy) is 2. The molecule has 0 unspecified atom stereocenters. The standard InChI is InChI=1S/C32H42N6O5/c1-31(2,3)42-29(40)37(30(41)43-32(4,5)6)15-19-11-22(12-19)38-18-24(28(35-38)20-7-8-20)27-14-33-25-10-9-21(13-26(25)34-27)36-16-23(39)17-36/h9-10,13-14,18-20,22-23,39H,7-8,11-12,15-17H2,1-6H3/t19-,22-. The largest absolute Gasteiger partial charge is 0.443 e. The van der Waals surface area contributed by atoms with Gasteiger partial charge in [-0.2, -0.15) is 5.10 Å². The summed E-state index contributed by atoms with van der Waals surface area (Å²) in [4.78, 5) is 38.8. The smallest absolute Gasteiger partial charge is 0.419 e. The van der Waals surface area contributed by atoms with E-state index in [-0.39, 0.29) is 24.6 Å². The van der Waals surface area contributed by atoms with Crippen LogP contribution in [0.4, 0.5) is 15.3 Å². The summed E-state index contributed by atoms with van der Waals surface area (Å²) in [5.41, 5.74) is 4.10. The molecule has 3 aliphatic rings. The maximum absolute atomic E-state index is 12.9. The van der Waals surface area contributed by atoms with Crippen molar-refractivity contribution in [3.05, 3.63) is 36.3 Å². The van der Waals surface area contributed by atoms with Crippen molar-refractivity contribution < 1.29 is 24.2 Å². The van der Waals surface area contributed by atoms with Crippen LogP contribution in [0, 0.1) is 5.92 Å². The second-order valence-corrected chi connectivity index (χ2v) is 14.2. The van der Waals surface area contributed by atoms with Gasteiger partial charge in [0, 0.05) is 43.0 Å². The Bertz CT molecular complexity index is 1500. The van der Waals surface area contributed by atoms with Gasteiger partial charge >= 0.3 is 12.2 Å². The summed E-state index contributed by atoms with van der Waals surface area (Å²) in [7, 11) is 0. The molecule has 1 aromatic carbocycles. The number of carbonyl (C=O) groups excluding carboxylic acids is 2. The van der Waals surface area contributed by atoms with E-state index in [2.05, 4.69) is 11.1 Å². The average molecular weight is 591 g/mol. The van der Waals surface area contributed by atoms with Crippen molar-refractivity contribution in [3.8, 4) is 11.3 Å². The molecule has 3 fully saturated rings. The first-order chi connectivity index (χ1) is 20.2. The minimum atomic E-state index is -0.727. The van der Waals surface area contributed by atoms with Crippen molar-refractivity contribution in [2.75, 3.05) is 24.5 Å². The molecule has 6 rings (SSSR count). The van der Waals surface area contributed by atoms with Crippen molar-refractivity contribution in [2.24, 2.45) is 5.92 Å². The first-order valence-corrected chi connectivity index (χ1v) is 15.2. The van der Waals surface area contributed by atoms with Gasteiger partial charge in [-0.1, -0.05) is 0 Å². The zero-order chi connectivity index (χ0) is 30.7. The van der Waals surface area contributed by atoms with Crippen LogP contribution in [-0.2, 0) is 9.47 Å². The van der Waals surface area contributed by atoms with Gasteiger partial charge in [0.2, 0.25) is 0 Å². The molecule has 0 radical (unpaired) electrons. The summed E-state index contributed by atoms with van der Waals surface area (Å²) in [6.45, 7) is 12.2. The molecule has 3 heterocycles. The number of benzene rings is 1. The highest BCUT2D eigenvalue weighted by Gasteiger charge is 2.40. The van der Waals surface area contributed by atoms with E-state index in [1.165, 1.54) is 0 Å². The molecule has 0 atom stereocenters. The third kappa shape index (κ3) is 6.61. The van der Waals surface area contributed by atoms with Crippen LogP contribution in [-0.4, -0.2) is 78.9 Å². The number of rotatable bonds is 6. The highest BCUT2D eigenvalue weighted by molar-refractivity contribution is 5.88. The Labute approximate surface area is 252 Å².